The highest BCUT2D eigenvalue weighted by molar-refractivity contribution is 7.09. The van der Waals surface area contributed by atoms with Gasteiger partial charge in [-0.15, -0.1) is 23.7 Å². The van der Waals surface area contributed by atoms with E-state index in [1.54, 1.807) is 18.3 Å². The van der Waals surface area contributed by atoms with E-state index in [4.69, 9.17) is 5.73 Å². The van der Waals surface area contributed by atoms with Gasteiger partial charge in [-0.1, -0.05) is 6.07 Å². The fourth-order valence-corrected chi connectivity index (χ4v) is 2.11. The lowest BCUT2D eigenvalue weighted by atomic mass is 10.2. The summed E-state index contributed by atoms with van der Waals surface area (Å²) >= 11 is 1.73. The zero-order chi connectivity index (χ0) is 11.3. The van der Waals surface area contributed by atoms with Crippen LogP contribution in [0.25, 0.3) is 0 Å². The van der Waals surface area contributed by atoms with Crippen LogP contribution in [0, 0.1) is 0 Å². The van der Waals surface area contributed by atoms with E-state index in [1.165, 1.54) is 4.88 Å². The van der Waals surface area contributed by atoms with E-state index in [2.05, 4.69) is 11.4 Å². The number of hydrogen-bond acceptors (Lipinski definition) is 3. The monoisotopic (exact) mass is 262 g/mol. The minimum Gasteiger partial charge on any atom is -0.341 e. The van der Waals surface area contributed by atoms with Crippen LogP contribution in [0.5, 0.6) is 0 Å². The average Bonchev–Trinajstić information content (AvgIpc) is 2.71. The fourth-order valence-electron chi connectivity index (χ4n) is 1.41. The second-order valence-electron chi connectivity index (χ2n) is 3.54. The summed E-state index contributed by atoms with van der Waals surface area (Å²) in [6.07, 6.45) is 0.921. The molecule has 1 aromatic heterocycles. The summed E-state index contributed by atoms with van der Waals surface area (Å²) in [5.74, 6) is 0.0362. The molecule has 0 spiro atoms. The van der Waals surface area contributed by atoms with Gasteiger partial charge in [-0.2, -0.15) is 0 Å². The van der Waals surface area contributed by atoms with Gasteiger partial charge in [0.25, 0.3) is 0 Å². The largest absolute Gasteiger partial charge is 0.341 e. The maximum Gasteiger partial charge on any atom is 0.239 e. The summed E-state index contributed by atoms with van der Waals surface area (Å²) in [6.45, 7) is 5.20. The van der Waals surface area contributed by atoms with Gasteiger partial charge in [0.1, 0.15) is 0 Å². The molecule has 0 unspecified atom stereocenters. The van der Waals surface area contributed by atoms with Gasteiger partial charge in [-0.25, -0.2) is 0 Å². The molecule has 1 amide bonds. The van der Waals surface area contributed by atoms with Crippen LogP contribution in [0.3, 0.4) is 0 Å². The lowest BCUT2D eigenvalue weighted by Gasteiger charge is -2.22. The van der Waals surface area contributed by atoms with Gasteiger partial charge in [-0.05, 0) is 31.7 Å². The van der Waals surface area contributed by atoms with E-state index < -0.39 is 6.04 Å². The molecule has 0 fully saturated rings. The zero-order valence-corrected chi connectivity index (χ0v) is 11.3. The second kappa shape index (κ2) is 7.65. The Hall–Kier alpha value is -0.580. The molecule has 0 radical (unpaired) electrons. The van der Waals surface area contributed by atoms with Gasteiger partial charge in [0.2, 0.25) is 5.91 Å². The quantitative estimate of drug-likeness (QED) is 0.881. The Morgan fingerprint density at radius 1 is 1.62 bits per heavy atom. The number of carbonyl (C=O) groups excluding carboxylic acids is 1. The third kappa shape index (κ3) is 4.51. The molecule has 1 rings (SSSR count). The Balaban J connectivity index is 0.00000225. The molecule has 1 aromatic rings. The SMILES string of the molecule is CCN(CCc1cccs1)C(=O)[C@H](C)N.Cl. The van der Waals surface area contributed by atoms with E-state index >= 15 is 0 Å². The first-order chi connectivity index (χ1) is 7.15. The number of nitrogens with zero attached hydrogens (tertiary/aromatic N) is 1. The molecular weight excluding hydrogens is 244 g/mol. The minimum absolute atomic E-state index is 0. The number of thiophene rings is 1. The Morgan fingerprint density at radius 3 is 2.75 bits per heavy atom. The highest BCUT2D eigenvalue weighted by Crippen LogP contribution is 2.10. The first kappa shape index (κ1) is 15.4. The van der Waals surface area contributed by atoms with E-state index in [0.717, 1.165) is 19.5 Å². The molecule has 0 saturated heterocycles. The van der Waals surface area contributed by atoms with Crippen LogP contribution in [0.15, 0.2) is 17.5 Å². The second-order valence-corrected chi connectivity index (χ2v) is 4.57. The van der Waals surface area contributed by atoms with Crippen LogP contribution in [0.2, 0.25) is 0 Å². The number of likely N-dealkylation sites (N-methyl/N-ethyl adjacent to an activating group) is 1. The molecule has 0 aliphatic carbocycles. The van der Waals surface area contributed by atoms with Crippen molar-refractivity contribution in [2.75, 3.05) is 13.1 Å². The van der Waals surface area contributed by atoms with Gasteiger partial charge < -0.3 is 10.6 Å². The molecule has 16 heavy (non-hydrogen) atoms. The fraction of sp³-hybridized carbons (Fsp3) is 0.545. The predicted molar refractivity (Wildman–Crippen MR) is 71.2 cm³/mol. The molecule has 0 saturated carbocycles. The van der Waals surface area contributed by atoms with Crippen molar-refractivity contribution in [3.63, 3.8) is 0 Å². The molecule has 92 valence electrons. The maximum absolute atomic E-state index is 11.6. The number of rotatable bonds is 5. The standard InChI is InChI=1S/C11H18N2OS.ClH/c1-3-13(11(14)9(2)12)7-6-10-5-4-8-15-10;/h4-5,8-9H,3,6-7,12H2,1-2H3;1H/t9-;/m0./s1. The van der Waals surface area contributed by atoms with Crippen molar-refractivity contribution < 1.29 is 4.79 Å². The first-order valence-electron chi connectivity index (χ1n) is 5.22. The van der Waals surface area contributed by atoms with Gasteiger partial charge in [0.15, 0.2) is 0 Å². The van der Waals surface area contributed by atoms with E-state index in [1.807, 2.05) is 17.9 Å². The van der Waals surface area contributed by atoms with Gasteiger partial charge in [0, 0.05) is 18.0 Å². The Bertz CT molecular complexity index is 301. The van der Waals surface area contributed by atoms with E-state index in [0.29, 0.717) is 0 Å². The minimum atomic E-state index is -0.395. The Kier molecular flexibility index (Phi) is 7.38. The third-order valence-corrected chi connectivity index (χ3v) is 3.23. The normalized spacial score (nSPS) is 11.7. The Labute approximate surface area is 107 Å². The molecule has 5 heteroatoms. The lowest BCUT2D eigenvalue weighted by molar-refractivity contribution is -0.131. The van der Waals surface area contributed by atoms with Crippen LogP contribution in [-0.4, -0.2) is 29.9 Å². The van der Waals surface area contributed by atoms with Crippen LogP contribution in [0.1, 0.15) is 18.7 Å². The van der Waals surface area contributed by atoms with E-state index in [9.17, 15) is 4.79 Å². The number of hydrogen-bond donors (Lipinski definition) is 1. The molecule has 0 aromatic carbocycles. The highest BCUT2D eigenvalue weighted by atomic mass is 35.5. The van der Waals surface area contributed by atoms with Crippen molar-refractivity contribution in [3.8, 4) is 0 Å². The molecule has 0 aliphatic rings. The summed E-state index contributed by atoms with van der Waals surface area (Å²) in [7, 11) is 0. The van der Waals surface area contributed by atoms with Gasteiger partial charge in [-0.3, -0.25) is 4.79 Å². The van der Waals surface area contributed by atoms with E-state index in [-0.39, 0.29) is 18.3 Å². The Morgan fingerprint density at radius 2 is 2.31 bits per heavy atom. The molecular formula is C11H19ClN2OS. The summed E-state index contributed by atoms with van der Waals surface area (Å²) in [5.41, 5.74) is 5.57. The summed E-state index contributed by atoms with van der Waals surface area (Å²) in [4.78, 5) is 14.8. The van der Waals surface area contributed by atoms with Crippen LogP contribution in [0.4, 0.5) is 0 Å². The molecule has 0 bridgehead atoms. The lowest BCUT2D eigenvalue weighted by Crippen LogP contribution is -2.42. The molecule has 1 atom stereocenters. The molecule has 1 heterocycles. The van der Waals surface area contributed by atoms with Crippen LogP contribution < -0.4 is 5.73 Å². The van der Waals surface area contributed by atoms with Crippen molar-refractivity contribution in [1.82, 2.24) is 4.90 Å². The summed E-state index contributed by atoms with van der Waals surface area (Å²) in [6, 6.07) is 3.73. The highest BCUT2D eigenvalue weighted by Gasteiger charge is 2.15. The smallest absolute Gasteiger partial charge is 0.239 e. The van der Waals surface area contributed by atoms with Gasteiger partial charge in [0.05, 0.1) is 6.04 Å². The van der Waals surface area contributed by atoms with Crippen molar-refractivity contribution >= 4 is 29.7 Å². The number of amides is 1. The zero-order valence-electron chi connectivity index (χ0n) is 9.68. The van der Waals surface area contributed by atoms with Gasteiger partial charge >= 0.3 is 0 Å². The number of halogens is 1. The first-order valence-corrected chi connectivity index (χ1v) is 6.10. The van der Waals surface area contributed by atoms with Crippen molar-refractivity contribution in [2.24, 2.45) is 5.73 Å². The predicted octanol–water partition coefficient (Wildman–Crippen LogP) is 1.91. The topological polar surface area (TPSA) is 46.3 Å². The number of carbonyl (C=O) groups is 1. The summed E-state index contributed by atoms with van der Waals surface area (Å²) < 4.78 is 0. The number of nitrogens with two attached hydrogens (primary N) is 1. The van der Waals surface area contributed by atoms with Crippen molar-refractivity contribution in [3.05, 3.63) is 22.4 Å². The average molecular weight is 263 g/mol. The third-order valence-electron chi connectivity index (χ3n) is 2.29. The summed E-state index contributed by atoms with van der Waals surface area (Å²) in [5, 5.41) is 2.05. The van der Waals surface area contributed by atoms with Crippen LogP contribution in [-0.2, 0) is 11.2 Å². The van der Waals surface area contributed by atoms with Crippen molar-refractivity contribution in [2.45, 2.75) is 26.3 Å². The molecule has 3 nitrogen and oxygen atoms in total. The maximum atomic E-state index is 11.6. The molecule has 2 N–H and O–H groups in total. The van der Waals surface area contributed by atoms with Crippen LogP contribution >= 0.6 is 23.7 Å². The molecule has 0 aliphatic heterocycles. The van der Waals surface area contributed by atoms with Crippen molar-refractivity contribution in [1.29, 1.82) is 0 Å².